The summed E-state index contributed by atoms with van der Waals surface area (Å²) in [6, 6.07) is 14.3. The number of nitrogens with one attached hydrogen (secondary N) is 1. The topological polar surface area (TPSA) is 89.1 Å². The van der Waals surface area contributed by atoms with Crippen molar-refractivity contribution in [1.82, 2.24) is 19.7 Å². The van der Waals surface area contributed by atoms with Crippen molar-refractivity contribution in [3.05, 3.63) is 59.9 Å². The molecule has 3 N–H and O–H groups in total. The lowest BCUT2D eigenvalue weighted by Gasteiger charge is -2.08. The van der Waals surface area contributed by atoms with Crippen LogP contribution in [0.25, 0.3) is 16.9 Å². The molecule has 0 bridgehead atoms. The van der Waals surface area contributed by atoms with Crippen molar-refractivity contribution in [2.24, 2.45) is 5.73 Å². The second-order valence-electron chi connectivity index (χ2n) is 6.23. The number of nitrogens with two attached hydrogens (primary N) is 1. The maximum absolute atomic E-state index is 8.58. The fourth-order valence-corrected chi connectivity index (χ4v) is 2.80. The summed E-state index contributed by atoms with van der Waals surface area (Å²) in [7, 11) is 6.01. The van der Waals surface area contributed by atoms with E-state index in [1.165, 1.54) is 0 Å². The van der Waals surface area contributed by atoms with Gasteiger partial charge in [-0.3, -0.25) is 9.78 Å². The second-order valence-corrected chi connectivity index (χ2v) is 6.23. The number of carbonyl (C=O) groups excluding carboxylic acids is 1. The minimum atomic E-state index is 0.250. The van der Waals surface area contributed by atoms with Crippen LogP contribution in [-0.2, 0) is 11.3 Å². The summed E-state index contributed by atoms with van der Waals surface area (Å²) in [5, 5.41) is 8.08. The van der Waals surface area contributed by atoms with E-state index in [-0.39, 0.29) is 6.41 Å². The largest absolute Gasteiger partial charge is 0.373 e. The number of carbonyl (C=O) groups is 1. The van der Waals surface area contributed by atoms with Gasteiger partial charge in [-0.1, -0.05) is 18.2 Å². The Bertz CT molecular complexity index is 856. The van der Waals surface area contributed by atoms with Crippen molar-refractivity contribution in [2.75, 3.05) is 26.5 Å². The van der Waals surface area contributed by atoms with E-state index < -0.39 is 0 Å². The molecule has 0 aliphatic carbocycles. The van der Waals surface area contributed by atoms with Gasteiger partial charge in [-0.15, -0.1) is 0 Å². The molecular formula is C20H26N6O. The molecule has 0 atom stereocenters. The molecule has 0 unspecified atom stereocenters. The number of para-hydroxylation sites is 1. The van der Waals surface area contributed by atoms with Crippen LogP contribution in [0.1, 0.15) is 11.3 Å². The quantitative estimate of drug-likeness (QED) is 0.677. The van der Waals surface area contributed by atoms with Gasteiger partial charge < -0.3 is 16.0 Å². The van der Waals surface area contributed by atoms with Gasteiger partial charge in [0.25, 0.3) is 0 Å². The lowest BCUT2D eigenvalue weighted by atomic mass is 10.1. The van der Waals surface area contributed by atoms with E-state index in [0.29, 0.717) is 0 Å². The van der Waals surface area contributed by atoms with Gasteiger partial charge in [0.05, 0.1) is 17.1 Å². The Morgan fingerprint density at radius 3 is 2.37 bits per heavy atom. The first kappa shape index (κ1) is 20.1. The van der Waals surface area contributed by atoms with Crippen LogP contribution in [-0.4, -0.2) is 47.2 Å². The number of anilines is 1. The third-order valence-electron chi connectivity index (χ3n) is 3.94. The molecule has 7 heteroatoms. The number of aromatic nitrogens is 3. The average molecular weight is 366 g/mol. The van der Waals surface area contributed by atoms with E-state index in [1.54, 1.807) is 0 Å². The summed E-state index contributed by atoms with van der Waals surface area (Å²) in [5.41, 5.74) is 9.35. The van der Waals surface area contributed by atoms with Crippen molar-refractivity contribution in [3.8, 4) is 16.9 Å². The average Bonchev–Trinajstić information content (AvgIpc) is 3.00. The molecule has 3 rings (SSSR count). The lowest BCUT2D eigenvalue weighted by molar-refractivity contribution is -0.106. The summed E-state index contributed by atoms with van der Waals surface area (Å²) in [6.07, 6.45) is 2.16. The van der Waals surface area contributed by atoms with Gasteiger partial charge in [0.1, 0.15) is 5.82 Å². The first-order chi connectivity index (χ1) is 13.0. The molecule has 1 amide bonds. The monoisotopic (exact) mass is 366 g/mol. The Balaban J connectivity index is 0.000000817. The fourth-order valence-electron chi connectivity index (χ4n) is 2.80. The zero-order valence-corrected chi connectivity index (χ0v) is 16.2. The molecule has 1 aromatic carbocycles. The highest BCUT2D eigenvalue weighted by Crippen LogP contribution is 2.29. The SMILES string of the molecule is CNc1c(C)c(-c2ccc(CN(C)C)nc2)nn1-c1ccccc1.NC=O. The normalized spacial score (nSPS) is 10.3. The Kier molecular flexibility index (Phi) is 7.08. The van der Waals surface area contributed by atoms with Crippen LogP contribution >= 0.6 is 0 Å². The van der Waals surface area contributed by atoms with E-state index in [1.807, 2.05) is 50.2 Å². The van der Waals surface area contributed by atoms with Crippen molar-refractivity contribution < 1.29 is 4.79 Å². The number of rotatable bonds is 5. The molecule has 2 heterocycles. The molecule has 0 saturated heterocycles. The van der Waals surface area contributed by atoms with E-state index in [2.05, 4.69) is 52.1 Å². The van der Waals surface area contributed by atoms with Gasteiger partial charge in [-0.25, -0.2) is 4.68 Å². The highest BCUT2D eigenvalue weighted by molar-refractivity contribution is 5.69. The van der Waals surface area contributed by atoms with E-state index >= 15 is 0 Å². The number of nitrogens with zero attached hydrogens (tertiary/aromatic N) is 4. The van der Waals surface area contributed by atoms with Crippen LogP contribution < -0.4 is 11.1 Å². The molecule has 2 aromatic heterocycles. The number of benzene rings is 1. The third kappa shape index (κ3) is 4.92. The molecule has 0 fully saturated rings. The van der Waals surface area contributed by atoms with Crippen molar-refractivity contribution >= 4 is 12.2 Å². The van der Waals surface area contributed by atoms with Gasteiger partial charge in [-0.2, -0.15) is 5.10 Å². The van der Waals surface area contributed by atoms with Gasteiger partial charge in [-0.05, 0) is 45.3 Å². The van der Waals surface area contributed by atoms with Gasteiger partial charge in [0.15, 0.2) is 0 Å². The van der Waals surface area contributed by atoms with Crippen LogP contribution in [0.3, 0.4) is 0 Å². The zero-order chi connectivity index (χ0) is 19.8. The molecular weight excluding hydrogens is 340 g/mol. The Morgan fingerprint density at radius 1 is 1.19 bits per heavy atom. The molecule has 3 aromatic rings. The lowest BCUT2D eigenvalue weighted by Crippen LogP contribution is -2.11. The van der Waals surface area contributed by atoms with Crippen molar-refractivity contribution in [3.63, 3.8) is 0 Å². The number of pyridine rings is 1. The van der Waals surface area contributed by atoms with Crippen LogP contribution in [0.5, 0.6) is 0 Å². The molecule has 0 spiro atoms. The number of amides is 1. The molecule has 27 heavy (non-hydrogen) atoms. The first-order valence-corrected chi connectivity index (χ1v) is 8.60. The van der Waals surface area contributed by atoms with E-state index in [0.717, 1.165) is 40.6 Å². The van der Waals surface area contributed by atoms with Gasteiger partial charge in [0.2, 0.25) is 6.41 Å². The maximum Gasteiger partial charge on any atom is 0.204 e. The zero-order valence-electron chi connectivity index (χ0n) is 16.2. The van der Waals surface area contributed by atoms with E-state index in [9.17, 15) is 0 Å². The number of hydrogen-bond acceptors (Lipinski definition) is 5. The molecule has 0 radical (unpaired) electrons. The first-order valence-electron chi connectivity index (χ1n) is 8.60. The number of hydrogen-bond donors (Lipinski definition) is 2. The molecule has 0 saturated carbocycles. The van der Waals surface area contributed by atoms with Crippen molar-refractivity contribution in [2.45, 2.75) is 13.5 Å². The van der Waals surface area contributed by atoms with Crippen molar-refractivity contribution in [1.29, 1.82) is 0 Å². The highest BCUT2D eigenvalue weighted by atomic mass is 16.1. The summed E-state index contributed by atoms with van der Waals surface area (Å²) in [5.74, 6) is 0.994. The third-order valence-corrected chi connectivity index (χ3v) is 3.94. The van der Waals surface area contributed by atoms with Crippen LogP contribution in [0.15, 0.2) is 48.7 Å². The summed E-state index contributed by atoms with van der Waals surface area (Å²) in [6.45, 7) is 2.92. The van der Waals surface area contributed by atoms with Crippen LogP contribution in [0, 0.1) is 6.92 Å². The standard InChI is InChI=1S/C19H23N5.CH3NO/c1-14-18(15-10-11-16(21-12-15)13-23(3)4)22-24(19(14)20-2)17-8-6-5-7-9-17;2-1-3/h5-12,20H,13H2,1-4H3;1H,(H2,2,3). The van der Waals surface area contributed by atoms with Crippen LogP contribution in [0.4, 0.5) is 5.82 Å². The predicted molar refractivity (Wildman–Crippen MR) is 109 cm³/mol. The summed E-state index contributed by atoms with van der Waals surface area (Å²) in [4.78, 5) is 15.3. The Hall–Kier alpha value is -3.19. The Labute approximate surface area is 159 Å². The summed E-state index contributed by atoms with van der Waals surface area (Å²) < 4.78 is 1.94. The van der Waals surface area contributed by atoms with Gasteiger partial charge >= 0.3 is 0 Å². The van der Waals surface area contributed by atoms with E-state index in [4.69, 9.17) is 9.89 Å². The molecule has 7 nitrogen and oxygen atoms in total. The minimum absolute atomic E-state index is 0.250. The van der Waals surface area contributed by atoms with Gasteiger partial charge in [0, 0.05) is 30.9 Å². The Morgan fingerprint density at radius 2 is 1.85 bits per heavy atom. The minimum Gasteiger partial charge on any atom is -0.373 e. The number of primary amides is 1. The molecule has 142 valence electrons. The summed E-state index contributed by atoms with van der Waals surface area (Å²) >= 11 is 0. The second kappa shape index (κ2) is 9.49. The smallest absolute Gasteiger partial charge is 0.204 e. The fraction of sp³-hybridized carbons (Fsp3) is 0.250. The predicted octanol–water partition coefficient (Wildman–Crippen LogP) is 2.45. The molecule has 0 aliphatic rings. The molecule has 0 aliphatic heterocycles. The highest BCUT2D eigenvalue weighted by Gasteiger charge is 2.16. The maximum atomic E-state index is 8.58. The van der Waals surface area contributed by atoms with Crippen LogP contribution in [0.2, 0.25) is 0 Å².